The van der Waals surface area contributed by atoms with Crippen LogP contribution in [0.4, 0.5) is 4.39 Å². The fourth-order valence-electron chi connectivity index (χ4n) is 3.41. The number of rotatable bonds is 4. The summed E-state index contributed by atoms with van der Waals surface area (Å²) in [5, 5.41) is 15.1. The first-order valence-corrected chi connectivity index (χ1v) is 10.5. The Balaban J connectivity index is 1.43. The Labute approximate surface area is 188 Å². The molecule has 1 amide bonds. The molecule has 31 heavy (non-hydrogen) atoms. The molecule has 0 saturated carbocycles. The number of aliphatic hydroxyl groups excluding tert-OH is 1. The zero-order valence-corrected chi connectivity index (χ0v) is 17.8. The summed E-state index contributed by atoms with van der Waals surface area (Å²) in [5.41, 5.74) is 0.813. The summed E-state index contributed by atoms with van der Waals surface area (Å²) in [4.78, 5) is 14.5. The highest BCUT2D eigenvalue weighted by atomic mass is 35.5. The number of ether oxygens (including phenoxy) is 1. The average Bonchev–Trinajstić information content (AvgIpc) is 3.18. The molecule has 0 unspecified atom stereocenters. The van der Waals surface area contributed by atoms with E-state index >= 15 is 0 Å². The highest BCUT2D eigenvalue weighted by molar-refractivity contribution is 6.42. The predicted molar refractivity (Wildman–Crippen MR) is 114 cm³/mol. The molecule has 6 nitrogen and oxygen atoms in total. The van der Waals surface area contributed by atoms with Gasteiger partial charge in [0.1, 0.15) is 17.7 Å². The zero-order valence-electron chi connectivity index (χ0n) is 16.3. The van der Waals surface area contributed by atoms with Crippen LogP contribution in [-0.2, 0) is 0 Å². The number of carbonyl (C=O) groups excluding carboxylic acids is 1. The first kappa shape index (κ1) is 21.6. The molecule has 1 aliphatic heterocycles. The van der Waals surface area contributed by atoms with Crippen LogP contribution in [0.1, 0.15) is 23.3 Å². The molecule has 0 radical (unpaired) electrons. The summed E-state index contributed by atoms with van der Waals surface area (Å²) in [6.07, 6.45) is -0.504. The molecule has 1 aromatic heterocycles. The molecule has 162 valence electrons. The largest absolute Gasteiger partial charge is 0.488 e. The van der Waals surface area contributed by atoms with Crippen LogP contribution in [0.5, 0.6) is 5.75 Å². The molecule has 9 heteroatoms. The SMILES string of the molecule is O=C(c1cc(-c2ccc(Cl)c(Cl)c2)on1)N1CC[C@H](Oc2ccc(F)cc2)[C@@H](O)CC1. The topological polar surface area (TPSA) is 75.8 Å². The summed E-state index contributed by atoms with van der Waals surface area (Å²) >= 11 is 12.0. The van der Waals surface area contributed by atoms with E-state index in [4.69, 9.17) is 32.5 Å². The fraction of sp³-hybridized carbons (Fsp3) is 0.273. The Hall–Kier alpha value is -2.61. The molecule has 1 N–H and O–H groups in total. The van der Waals surface area contributed by atoms with E-state index in [1.54, 1.807) is 29.2 Å². The van der Waals surface area contributed by atoms with Gasteiger partial charge in [-0.2, -0.15) is 0 Å². The summed E-state index contributed by atoms with van der Waals surface area (Å²) in [6.45, 7) is 0.717. The van der Waals surface area contributed by atoms with Crippen LogP contribution in [0.3, 0.4) is 0 Å². The number of nitrogens with zero attached hydrogens (tertiary/aromatic N) is 2. The third-order valence-corrected chi connectivity index (χ3v) is 5.87. The van der Waals surface area contributed by atoms with E-state index in [1.165, 1.54) is 24.3 Å². The number of carbonyl (C=O) groups is 1. The van der Waals surface area contributed by atoms with Gasteiger partial charge in [0, 0.05) is 31.1 Å². The van der Waals surface area contributed by atoms with Gasteiger partial charge in [0.05, 0.1) is 16.1 Å². The van der Waals surface area contributed by atoms with Crippen molar-refractivity contribution in [2.45, 2.75) is 25.0 Å². The third kappa shape index (κ3) is 5.01. The number of hydrogen-bond donors (Lipinski definition) is 1. The molecular weight excluding hydrogens is 446 g/mol. The van der Waals surface area contributed by atoms with Crippen molar-refractivity contribution in [3.8, 4) is 17.1 Å². The van der Waals surface area contributed by atoms with Crippen LogP contribution in [0.25, 0.3) is 11.3 Å². The summed E-state index contributed by atoms with van der Waals surface area (Å²) in [6, 6.07) is 12.2. The first-order chi connectivity index (χ1) is 14.9. The average molecular weight is 465 g/mol. The number of likely N-dealkylation sites (tertiary alicyclic amines) is 1. The van der Waals surface area contributed by atoms with Crippen LogP contribution >= 0.6 is 23.2 Å². The maximum atomic E-state index is 13.1. The molecular formula is C22H19Cl2FN2O4. The van der Waals surface area contributed by atoms with E-state index in [0.717, 1.165) is 0 Å². The van der Waals surface area contributed by atoms with Gasteiger partial charge in [0.15, 0.2) is 11.5 Å². The van der Waals surface area contributed by atoms with E-state index in [2.05, 4.69) is 5.16 Å². The number of aliphatic hydroxyl groups is 1. The predicted octanol–water partition coefficient (Wildman–Crippen LogP) is 4.83. The molecule has 3 aromatic rings. The second-order valence-electron chi connectivity index (χ2n) is 7.25. The Kier molecular flexibility index (Phi) is 6.46. The van der Waals surface area contributed by atoms with Crippen molar-refractivity contribution in [2.24, 2.45) is 0 Å². The van der Waals surface area contributed by atoms with E-state index < -0.39 is 12.2 Å². The van der Waals surface area contributed by atoms with Gasteiger partial charge >= 0.3 is 0 Å². The van der Waals surface area contributed by atoms with E-state index in [0.29, 0.717) is 53.0 Å². The Morgan fingerprint density at radius 2 is 1.84 bits per heavy atom. The van der Waals surface area contributed by atoms with E-state index in [1.807, 2.05) is 0 Å². The minimum Gasteiger partial charge on any atom is -0.488 e. The van der Waals surface area contributed by atoms with Crippen molar-refractivity contribution < 1.29 is 23.6 Å². The second-order valence-corrected chi connectivity index (χ2v) is 8.07. The molecule has 0 bridgehead atoms. The smallest absolute Gasteiger partial charge is 0.276 e. The summed E-state index contributed by atoms with van der Waals surface area (Å²) in [5.74, 6) is 0.199. The molecule has 4 rings (SSSR count). The Morgan fingerprint density at radius 3 is 2.58 bits per heavy atom. The van der Waals surface area contributed by atoms with Gasteiger partial charge in [-0.25, -0.2) is 4.39 Å². The molecule has 0 aliphatic carbocycles. The molecule has 0 spiro atoms. The van der Waals surface area contributed by atoms with Crippen molar-refractivity contribution in [3.05, 3.63) is 70.1 Å². The standard InChI is InChI=1S/C22H19Cl2FN2O4/c23-16-6-1-13(11-17(16)24)21-12-18(26-31-21)22(29)27-9-7-19(28)20(8-10-27)30-15-4-2-14(25)3-5-15/h1-6,11-12,19-20,28H,7-10H2/t19-,20-/m0/s1. The Morgan fingerprint density at radius 1 is 1.10 bits per heavy atom. The second kappa shape index (κ2) is 9.26. The monoisotopic (exact) mass is 464 g/mol. The van der Waals surface area contributed by atoms with Gasteiger partial charge in [-0.15, -0.1) is 0 Å². The first-order valence-electron chi connectivity index (χ1n) is 9.72. The highest BCUT2D eigenvalue weighted by Crippen LogP contribution is 2.29. The van der Waals surface area contributed by atoms with Gasteiger partial charge in [0.25, 0.3) is 5.91 Å². The summed E-state index contributed by atoms with van der Waals surface area (Å²) < 4.78 is 24.2. The van der Waals surface area contributed by atoms with Crippen LogP contribution in [0.15, 0.2) is 53.1 Å². The normalized spacial score (nSPS) is 19.2. The molecule has 1 saturated heterocycles. The minimum absolute atomic E-state index is 0.161. The van der Waals surface area contributed by atoms with Crippen molar-refractivity contribution in [2.75, 3.05) is 13.1 Å². The van der Waals surface area contributed by atoms with E-state index in [-0.39, 0.29) is 17.4 Å². The highest BCUT2D eigenvalue weighted by Gasteiger charge is 2.30. The van der Waals surface area contributed by atoms with Crippen LogP contribution in [-0.4, -0.2) is 46.4 Å². The lowest BCUT2D eigenvalue weighted by Crippen LogP contribution is -2.32. The van der Waals surface area contributed by atoms with Gasteiger partial charge in [-0.05, 0) is 48.9 Å². The quantitative estimate of drug-likeness (QED) is 0.598. The molecule has 2 atom stereocenters. The van der Waals surface area contributed by atoms with Gasteiger partial charge in [-0.3, -0.25) is 4.79 Å². The van der Waals surface area contributed by atoms with Gasteiger partial charge < -0.3 is 19.3 Å². The van der Waals surface area contributed by atoms with Crippen LogP contribution in [0, 0.1) is 5.82 Å². The van der Waals surface area contributed by atoms with Gasteiger partial charge in [-0.1, -0.05) is 28.4 Å². The Bertz CT molecular complexity index is 1070. The maximum Gasteiger partial charge on any atom is 0.276 e. The maximum absolute atomic E-state index is 13.1. The van der Waals surface area contributed by atoms with Crippen molar-refractivity contribution in [1.82, 2.24) is 10.1 Å². The molecule has 2 heterocycles. The molecule has 1 fully saturated rings. The number of benzene rings is 2. The lowest BCUT2D eigenvalue weighted by molar-refractivity contribution is 0.0349. The summed E-state index contributed by atoms with van der Waals surface area (Å²) in [7, 11) is 0. The number of amides is 1. The van der Waals surface area contributed by atoms with Crippen LogP contribution < -0.4 is 4.74 Å². The lowest BCUT2D eigenvalue weighted by Gasteiger charge is -2.21. The van der Waals surface area contributed by atoms with Crippen molar-refractivity contribution in [3.63, 3.8) is 0 Å². The molecule has 1 aliphatic rings. The zero-order chi connectivity index (χ0) is 22.0. The van der Waals surface area contributed by atoms with Crippen LogP contribution in [0.2, 0.25) is 10.0 Å². The fourth-order valence-corrected chi connectivity index (χ4v) is 3.71. The lowest BCUT2D eigenvalue weighted by atomic mass is 10.1. The third-order valence-electron chi connectivity index (χ3n) is 5.13. The molecule has 2 aromatic carbocycles. The van der Waals surface area contributed by atoms with Crippen molar-refractivity contribution >= 4 is 29.1 Å². The number of hydrogen-bond acceptors (Lipinski definition) is 5. The minimum atomic E-state index is -0.757. The van der Waals surface area contributed by atoms with E-state index in [9.17, 15) is 14.3 Å². The van der Waals surface area contributed by atoms with Gasteiger partial charge in [0.2, 0.25) is 0 Å². The number of aromatic nitrogens is 1. The van der Waals surface area contributed by atoms with Crippen molar-refractivity contribution in [1.29, 1.82) is 0 Å². The number of halogens is 3.